The Kier molecular flexibility index (Phi) is 2.77. The number of halogens is 1. The van der Waals surface area contributed by atoms with E-state index in [-0.39, 0.29) is 24.6 Å². The summed E-state index contributed by atoms with van der Waals surface area (Å²) in [6.45, 7) is 2.67. The highest BCUT2D eigenvalue weighted by atomic mass is 35.5. The molecule has 0 spiro atoms. The lowest BCUT2D eigenvalue weighted by molar-refractivity contribution is 0.197. The van der Waals surface area contributed by atoms with Crippen LogP contribution in [0.3, 0.4) is 0 Å². The number of carbonyl (C=O) groups is 1. The van der Waals surface area contributed by atoms with Crippen molar-refractivity contribution in [1.29, 1.82) is 5.26 Å². The number of hydrogen-bond acceptors (Lipinski definition) is 2. The van der Waals surface area contributed by atoms with E-state index in [9.17, 15) is 4.79 Å². The molecule has 0 saturated carbocycles. The summed E-state index contributed by atoms with van der Waals surface area (Å²) in [4.78, 5) is 14.4. The first-order chi connectivity index (χ1) is 5.70. The van der Waals surface area contributed by atoms with Gasteiger partial charge in [-0.05, 0) is 6.92 Å². The van der Waals surface area contributed by atoms with Crippen molar-refractivity contribution in [1.82, 2.24) is 9.80 Å². The average Bonchev–Trinajstić information content (AvgIpc) is 2.32. The highest BCUT2D eigenvalue weighted by Gasteiger charge is 2.33. The number of nitriles is 1. The SMILES string of the molecule is CC1CN(CCl)C(=O)N1CC#N. The average molecular weight is 188 g/mol. The Morgan fingerprint density at radius 1 is 1.83 bits per heavy atom. The van der Waals surface area contributed by atoms with Crippen LogP contribution < -0.4 is 0 Å². The number of alkyl halides is 1. The summed E-state index contributed by atoms with van der Waals surface area (Å²) in [7, 11) is 0. The zero-order chi connectivity index (χ0) is 9.14. The van der Waals surface area contributed by atoms with E-state index >= 15 is 0 Å². The molecule has 2 amide bonds. The molecule has 0 radical (unpaired) electrons. The number of urea groups is 1. The van der Waals surface area contributed by atoms with Crippen LogP contribution in [0.2, 0.25) is 0 Å². The van der Waals surface area contributed by atoms with Gasteiger partial charge < -0.3 is 9.80 Å². The van der Waals surface area contributed by atoms with Gasteiger partial charge in [-0.2, -0.15) is 5.26 Å². The predicted molar refractivity (Wildman–Crippen MR) is 44.6 cm³/mol. The maximum absolute atomic E-state index is 11.4. The van der Waals surface area contributed by atoms with Gasteiger partial charge in [0.25, 0.3) is 0 Å². The van der Waals surface area contributed by atoms with Crippen LogP contribution in [0.15, 0.2) is 0 Å². The highest BCUT2D eigenvalue weighted by Crippen LogP contribution is 2.14. The Morgan fingerprint density at radius 2 is 2.50 bits per heavy atom. The predicted octanol–water partition coefficient (Wildman–Crippen LogP) is 0.832. The van der Waals surface area contributed by atoms with E-state index in [1.807, 2.05) is 13.0 Å². The van der Waals surface area contributed by atoms with Crippen molar-refractivity contribution in [2.45, 2.75) is 13.0 Å². The molecule has 1 unspecified atom stereocenters. The molecule has 5 heteroatoms. The Hall–Kier alpha value is -0.950. The molecule has 1 rings (SSSR count). The molecule has 0 aromatic carbocycles. The molecular formula is C7H10ClN3O. The molecule has 12 heavy (non-hydrogen) atoms. The van der Waals surface area contributed by atoms with Crippen LogP contribution in [-0.2, 0) is 0 Å². The van der Waals surface area contributed by atoms with Gasteiger partial charge in [0, 0.05) is 12.6 Å². The molecule has 1 heterocycles. The van der Waals surface area contributed by atoms with Crippen LogP contribution in [0.25, 0.3) is 0 Å². The molecule has 0 aromatic heterocycles. The first kappa shape index (κ1) is 9.14. The van der Waals surface area contributed by atoms with E-state index in [1.54, 1.807) is 0 Å². The Bertz CT molecular complexity index is 225. The van der Waals surface area contributed by atoms with Crippen LogP contribution in [0.4, 0.5) is 4.79 Å². The minimum atomic E-state index is -0.140. The smallest absolute Gasteiger partial charge is 0.309 e. The highest BCUT2D eigenvalue weighted by molar-refractivity contribution is 6.18. The number of nitrogens with zero attached hydrogens (tertiary/aromatic N) is 3. The van der Waals surface area contributed by atoms with Crippen LogP contribution in [0.1, 0.15) is 6.92 Å². The molecule has 4 nitrogen and oxygen atoms in total. The van der Waals surface area contributed by atoms with Crippen molar-refractivity contribution in [2.24, 2.45) is 0 Å². The molecule has 1 atom stereocenters. The molecule has 0 N–H and O–H groups in total. The molecular weight excluding hydrogens is 178 g/mol. The molecule has 1 fully saturated rings. The maximum atomic E-state index is 11.4. The molecule has 66 valence electrons. The van der Waals surface area contributed by atoms with Crippen LogP contribution in [0, 0.1) is 11.3 Å². The van der Waals surface area contributed by atoms with Crippen molar-refractivity contribution in [3.63, 3.8) is 0 Å². The summed E-state index contributed by atoms with van der Waals surface area (Å²) in [5.74, 6) is 0. The van der Waals surface area contributed by atoms with Crippen molar-refractivity contribution in [3.8, 4) is 6.07 Å². The second-order valence-corrected chi connectivity index (χ2v) is 3.00. The summed E-state index contributed by atoms with van der Waals surface area (Å²) < 4.78 is 0. The summed E-state index contributed by atoms with van der Waals surface area (Å²) in [5.41, 5.74) is 0. The standard InChI is InChI=1S/C7H10ClN3O/c1-6-4-10(5-8)7(12)11(6)3-2-9/h6H,3-5H2,1H3. The number of rotatable bonds is 2. The van der Waals surface area contributed by atoms with Crippen molar-refractivity contribution < 1.29 is 4.79 Å². The summed E-state index contributed by atoms with van der Waals surface area (Å²) >= 11 is 5.53. The summed E-state index contributed by atoms with van der Waals surface area (Å²) in [5, 5.41) is 8.43. The maximum Gasteiger partial charge on any atom is 0.322 e. The first-order valence-electron chi connectivity index (χ1n) is 3.69. The van der Waals surface area contributed by atoms with Crippen molar-refractivity contribution in [2.75, 3.05) is 19.1 Å². The van der Waals surface area contributed by atoms with Crippen LogP contribution >= 0.6 is 11.6 Å². The van der Waals surface area contributed by atoms with E-state index in [2.05, 4.69) is 0 Å². The fraction of sp³-hybridized carbons (Fsp3) is 0.714. The Balaban J connectivity index is 2.65. The molecule has 1 aliphatic rings. The number of hydrogen-bond donors (Lipinski definition) is 0. The minimum absolute atomic E-state index is 0.0934. The normalized spacial score (nSPS) is 23.1. The van der Waals surface area contributed by atoms with E-state index < -0.39 is 0 Å². The zero-order valence-electron chi connectivity index (χ0n) is 6.83. The first-order valence-corrected chi connectivity index (χ1v) is 4.22. The fourth-order valence-corrected chi connectivity index (χ4v) is 1.47. The number of carbonyl (C=O) groups excluding carboxylic acids is 1. The molecule has 0 aromatic rings. The lowest BCUT2D eigenvalue weighted by Gasteiger charge is -2.15. The van der Waals surface area contributed by atoms with E-state index in [0.29, 0.717) is 6.54 Å². The van der Waals surface area contributed by atoms with Crippen molar-refractivity contribution in [3.05, 3.63) is 0 Å². The topological polar surface area (TPSA) is 47.3 Å². The van der Waals surface area contributed by atoms with E-state index in [4.69, 9.17) is 16.9 Å². The fourth-order valence-electron chi connectivity index (χ4n) is 1.27. The van der Waals surface area contributed by atoms with Gasteiger partial charge in [-0.15, -0.1) is 11.6 Å². The summed E-state index contributed by atoms with van der Waals surface area (Å²) in [6, 6.07) is 2.10. The third kappa shape index (κ3) is 1.46. The molecule has 1 aliphatic heterocycles. The van der Waals surface area contributed by atoms with E-state index in [1.165, 1.54) is 9.80 Å². The van der Waals surface area contributed by atoms with Crippen LogP contribution in [-0.4, -0.2) is 41.0 Å². The van der Waals surface area contributed by atoms with Gasteiger partial charge in [-0.3, -0.25) is 0 Å². The monoisotopic (exact) mass is 187 g/mol. The third-order valence-corrected chi connectivity index (χ3v) is 2.21. The molecule has 0 bridgehead atoms. The molecule has 1 saturated heterocycles. The van der Waals surface area contributed by atoms with Crippen molar-refractivity contribution >= 4 is 17.6 Å². The Morgan fingerprint density at radius 3 is 2.92 bits per heavy atom. The quantitative estimate of drug-likeness (QED) is 0.365. The largest absolute Gasteiger partial charge is 0.322 e. The van der Waals surface area contributed by atoms with Gasteiger partial charge in [0.1, 0.15) is 6.54 Å². The Labute approximate surface area is 76.3 Å². The van der Waals surface area contributed by atoms with Gasteiger partial charge in [-0.1, -0.05) is 0 Å². The van der Waals surface area contributed by atoms with E-state index in [0.717, 1.165) is 0 Å². The van der Waals surface area contributed by atoms with Gasteiger partial charge in [0.15, 0.2) is 0 Å². The lowest BCUT2D eigenvalue weighted by Crippen LogP contribution is -2.33. The van der Waals surface area contributed by atoms with Gasteiger partial charge in [0.2, 0.25) is 0 Å². The second kappa shape index (κ2) is 3.63. The minimum Gasteiger partial charge on any atom is -0.309 e. The van der Waals surface area contributed by atoms with Gasteiger partial charge in [0.05, 0.1) is 12.1 Å². The van der Waals surface area contributed by atoms with Gasteiger partial charge >= 0.3 is 6.03 Å². The zero-order valence-corrected chi connectivity index (χ0v) is 7.58. The van der Waals surface area contributed by atoms with Crippen LogP contribution in [0.5, 0.6) is 0 Å². The third-order valence-electron chi connectivity index (χ3n) is 1.92. The number of amides is 2. The second-order valence-electron chi connectivity index (χ2n) is 2.76. The summed E-state index contributed by atoms with van der Waals surface area (Å²) in [6.07, 6.45) is 0. The van der Waals surface area contributed by atoms with Gasteiger partial charge in [-0.25, -0.2) is 4.79 Å². The lowest BCUT2D eigenvalue weighted by atomic mass is 10.3. The molecule has 0 aliphatic carbocycles.